The topological polar surface area (TPSA) is 36.1 Å². The van der Waals surface area contributed by atoms with E-state index in [0.717, 1.165) is 55.1 Å². The number of rotatable bonds is 4. The van der Waals surface area contributed by atoms with Crippen LogP contribution in [-0.2, 0) is 0 Å². The highest BCUT2D eigenvalue weighted by atomic mass is 32.1. The van der Waals surface area contributed by atoms with Crippen LogP contribution < -0.4 is 0 Å². The largest absolute Gasteiger partial charge is 0.456 e. The van der Waals surface area contributed by atoms with Crippen molar-refractivity contribution in [3.8, 4) is 33.6 Å². The second-order valence-electron chi connectivity index (χ2n) is 17.2. The van der Waals surface area contributed by atoms with Crippen molar-refractivity contribution in [3.05, 3.63) is 206 Å². The van der Waals surface area contributed by atoms with E-state index in [0.29, 0.717) is 0 Å². The van der Waals surface area contributed by atoms with Crippen molar-refractivity contribution < 1.29 is 8.83 Å². The molecule has 65 heavy (non-hydrogen) atoms. The molecule has 0 saturated carbocycles. The van der Waals surface area contributed by atoms with E-state index in [1.54, 1.807) is 0 Å². The molecule has 0 aliphatic rings. The highest BCUT2D eigenvalue weighted by Gasteiger charge is 2.19. The summed E-state index contributed by atoms with van der Waals surface area (Å²) in [6, 6.07) is 75.0. The van der Waals surface area contributed by atoms with Crippen LogP contribution >= 0.6 is 11.3 Å². The molecule has 0 fully saturated rings. The van der Waals surface area contributed by atoms with E-state index in [4.69, 9.17) is 8.83 Å². The molecule has 10 aromatic carbocycles. The predicted octanol–water partition coefficient (Wildman–Crippen LogP) is 17.4. The summed E-state index contributed by atoms with van der Waals surface area (Å²) in [6.07, 6.45) is 0. The number of benzene rings is 10. The van der Waals surface area contributed by atoms with Crippen LogP contribution in [-0.4, -0.2) is 9.13 Å². The molecule has 0 saturated heterocycles. The Morgan fingerprint density at radius 2 is 0.800 bits per heavy atom. The Balaban J connectivity index is 0.857. The summed E-state index contributed by atoms with van der Waals surface area (Å²) < 4.78 is 20.2. The molecule has 0 aliphatic carbocycles. The molecule has 0 bridgehead atoms. The molecular weight excluding hydrogens is 813 g/mol. The van der Waals surface area contributed by atoms with E-state index in [1.807, 2.05) is 23.5 Å². The number of para-hydroxylation sites is 4. The van der Waals surface area contributed by atoms with Crippen LogP contribution in [0.1, 0.15) is 0 Å². The van der Waals surface area contributed by atoms with Gasteiger partial charge in [0.15, 0.2) is 0 Å². The third-order valence-electron chi connectivity index (χ3n) is 13.7. The van der Waals surface area contributed by atoms with Gasteiger partial charge in [-0.25, -0.2) is 0 Å². The summed E-state index contributed by atoms with van der Waals surface area (Å²) in [6.45, 7) is 0. The van der Waals surface area contributed by atoms with Gasteiger partial charge in [0.2, 0.25) is 0 Å². The van der Waals surface area contributed by atoms with Gasteiger partial charge in [0.1, 0.15) is 22.3 Å². The van der Waals surface area contributed by atoms with Crippen LogP contribution in [0, 0.1) is 0 Å². The average Bonchev–Trinajstić information content (AvgIpc) is 4.17. The average molecular weight is 847 g/mol. The van der Waals surface area contributed by atoms with E-state index in [-0.39, 0.29) is 0 Å². The number of hydrogen-bond acceptors (Lipinski definition) is 3. The van der Waals surface area contributed by atoms with E-state index >= 15 is 0 Å². The van der Waals surface area contributed by atoms with Gasteiger partial charge in [-0.2, -0.15) is 0 Å². The fourth-order valence-electron chi connectivity index (χ4n) is 10.7. The zero-order valence-electron chi connectivity index (χ0n) is 34.7. The molecule has 5 heterocycles. The summed E-state index contributed by atoms with van der Waals surface area (Å²) in [4.78, 5) is 0. The molecule has 5 heteroatoms. The lowest BCUT2D eigenvalue weighted by molar-refractivity contribution is 0.663. The molecule has 4 nitrogen and oxygen atoms in total. The normalized spacial score (nSPS) is 12.3. The van der Waals surface area contributed by atoms with Gasteiger partial charge < -0.3 is 18.0 Å². The minimum absolute atomic E-state index is 0.835. The number of hydrogen-bond donors (Lipinski definition) is 0. The molecule has 0 radical (unpaired) electrons. The Hall–Kier alpha value is -8.38. The van der Waals surface area contributed by atoms with Crippen LogP contribution in [0.5, 0.6) is 0 Å². The molecule has 302 valence electrons. The molecule has 0 atom stereocenters. The van der Waals surface area contributed by atoms with Gasteiger partial charge in [0.25, 0.3) is 0 Å². The minimum atomic E-state index is 0.835. The predicted molar refractivity (Wildman–Crippen MR) is 273 cm³/mol. The van der Waals surface area contributed by atoms with Crippen LogP contribution in [0.15, 0.2) is 215 Å². The summed E-state index contributed by atoms with van der Waals surface area (Å²) in [5.74, 6) is 0. The molecule has 5 aromatic heterocycles. The Morgan fingerprint density at radius 3 is 1.52 bits per heavy atom. The maximum absolute atomic E-state index is 6.47. The minimum Gasteiger partial charge on any atom is -0.456 e. The number of furan rings is 2. The summed E-state index contributed by atoms with van der Waals surface area (Å²) >= 11 is 1.85. The maximum atomic E-state index is 6.47. The number of nitrogens with zero attached hydrogens (tertiary/aromatic N) is 2. The molecule has 15 aromatic rings. The number of aromatic nitrogens is 2. The van der Waals surface area contributed by atoms with Gasteiger partial charge in [-0.15, -0.1) is 11.3 Å². The second-order valence-corrected chi connectivity index (χ2v) is 18.3. The van der Waals surface area contributed by atoms with Gasteiger partial charge >= 0.3 is 0 Å². The first-order valence-corrected chi connectivity index (χ1v) is 22.9. The second kappa shape index (κ2) is 13.1. The first kappa shape index (κ1) is 35.1. The smallest absolute Gasteiger partial charge is 0.147 e. The highest BCUT2D eigenvalue weighted by Crippen LogP contribution is 2.44. The third kappa shape index (κ3) is 5.01. The van der Waals surface area contributed by atoms with Gasteiger partial charge in [0, 0.05) is 69.3 Å². The lowest BCUT2D eigenvalue weighted by Gasteiger charge is -2.10. The van der Waals surface area contributed by atoms with Crippen LogP contribution in [0.3, 0.4) is 0 Å². The van der Waals surface area contributed by atoms with E-state index in [1.165, 1.54) is 86.2 Å². The lowest BCUT2D eigenvalue weighted by atomic mass is 10.00. The zero-order chi connectivity index (χ0) is 42.3. The van der Waals surface area contributed by atoms with Crippen LogP contribution in [0.2, 0.25) is 0 Å². The number of fused-ring (bicyclic) bond motifs is 16. The van der Waals surface area contributed by atoms with Crippen LogP contribution in [0.4, 0.5) is 0 Å². The fourth-order valence-corrected chi connectivity index (χ4v) is 11.8. The van der Waals surface area contributed by atoms with Crippen molar-refractivity contribution in [2.45, 2.75) is 0 Å². The van der Waals surface area contributed by atoms with Gasteiger partial charge in [-0.05, 0) is 131 Å². The van der Waals surface area contributed by atoms with Gasteiger partial charge in [0.05, 0.1) is 27.5 Å². The van der Waals surface area contributed by atoms with Gasteiger partial charge in [-0.3, -0.25) is 0 Å². The Kier molecular flexibility index (Phi) is 7.07. The zero-order valence-corrected chi connectivity index (χ0v) is 35.6. The Morgan fingerprint density at radius 1 is 0.292 bits per heavy atom. The van der Waals surface area contributed by atoms with Gasteiger partial charge in [-0.1, -0.05) is 97.1 Å². The maximum Gasteiger partial charge on any atom is 0.147 e. The van der Waals surface area contributed by atoms with E-state index in [2.05, 4.69) is 203 Å². The van der Waals surface area contributed by atoms with Crippen molar-refractivity contribution in [2.24, 2.45) is 0 Å². The monoisotopic (exact) mass is 846 g/mol. The first-order valence-electron chi connectivity index (χ1n) is 22.1. The van der Waals surface area contributed by atoms with Crippen LogP contribution in [0.25, 0.3) is 141 Å². The molecule has 0 N–H and O–H groups in total. The molecular formula is C60H34N2O2S. The van der Waals surface area contributed by atoms with Crippen molar-refractivity contribution in [1.29, 1.82) is 0 Å². The summed E-state index contributed by atoms with van der Waals surface area (Å²) in [7, 11) is 0. The Bertz CT molecular complexity index is 4480. The summed E-state index contributed by atoms with van der Waals surface area (Å²) in [5, 5.41) is 11.8. The SMILES string of the molecule is c1ccc(-n2c3ccccc3c3cc(-c4ccc5c(c4)c4ccccc4n5-c4ccc5sc6ccc(-c7ccc8oc9ccc%10c%11ccccc%11oc%10c9c8c7)cc6c5c4)ccc32)cc1. The van der Waals surface area contributed by atoms with E-state index in [9.17, 15) is 0 Å². The standard InChI is InChI=1S/C60H34N2O2S/c1-2-10-39(11-3-1)61-50-15-7-4-12-41(50)45-30-35(18-24-52(45)61)36-19-25-53-46(31-36)42-13-5-8-16-51(42)62(53)40-22-29-58-48(34-40)47-32-38(21-28-57(47)65-58)37-20-26-55-49(33-37)59-56(63-55)27-23-44-43-14-6-9-17-54(43)64-60(44)59/h1-34H. The van der Waals surface area contributed by atoms with E-state index < -0.39 is 0 Å². The molecule has 0 amide bonds. The summed E-state index contributed by atoms with van der Waals surface area (Å²) in [5.41, 5.74) is 15.3. The van der Waals surface area contributed by atoms with Crippen molar-refractivity contribution >= 4 is 119 Å². The van der Waals surface area contributed by atoms with Crippen molar-refractivity contribution in [1.82, 2.24) is 9.13 Å². The molecule has 15 rings (SSSR count). The lowest BCUT2D eigenvalue weighted by Crippen LogP contribution is -1.93. The Labute approximate surface area is 375 Å². The first-order chi connectivity index (χ1) is 32.2. The fraction of sp³-hybridized carbons (Fsp3) is 0. The molecule has 0 aliphatic heterocycles. The molecule has 0 spiro atoms. The molecule has 0 unspecified atom stereocenters. The quantitative estimate of drug-likeness (QED) is 0.177. The van der Waals surface area contributed by atoms with Crippen molar-refractivity contribution in [2.75, 3.05) is 0 Å². The third-order valence-corrected chi connectivity index (χ3v) is 14.9. The number of thiophene rings is 1. The van der Waals surface area contributed by atoms with Crippen molar-refractivity contribution in [3.63, 3.8) is 0 Å². The highest BCUT2D eigenvalue weighted by molar-refractivity contribution is 7.25.